The number of hydrogen-bond donors (Lipinski definition) is 2. The van der Waals surface area contributed by atoms with E-state index in [2.05, 4.69) is 41.6 Å². The molecule has 6 nitrogen and oxygen atoms in total. The molecule has 0 aliphatic heterocycles. The fourth-order valence-corrected chi connectivity index (χ4v) is 1.52. The summed E-state index contributed by atoms with van der Waals surface area (Å²) in [5, 5.41) is 10.1. The summed E-state index contributed by atoms with van der Waals surface area (Å²) in [6.07, 6.45) is 3.17. The van der Waals surface area contributed by atoms with Crippen LogP contribution < -0.4 is 11.0 Å². The molecule has 0 amide bonds. The first-order valence-corrected chi connectivity index (χ1v) is 5.92. The van der Waals surface area contributed by atoms with Crippen molar-refractivity contribution in [1.29, 1.82) is 0 Å². The molecular formula is C11H10BrN5O. The highest BCUT2D eigenvalue weighted by atomic mass is 79.9. The zero-order valence-corrected chi connectivity index (χ0v) is 11.1. The van der Waals surface area contributed by atoms with Gasteiger partial charge in [0.2, 0.25) is 0 Å². The van der Waals surface area contributed by atoms with E-state index in [1.165, 1.54) is 6.20 Å². The number of anilines is 1. The SMILES string of the molecule is C/C(=N\Nc1cn[nH]c(=O)c1Br)c1ccccn1. The van der Waals surface area contributed by atoms with Gasteiger partial charge in [-0.3, -0.25) is 15.2 Å². The van der Waals surface area contributed by atoms with Gasteiger partial charge in [-0.05, 0) is 35.0 Å². The van der Waals surface area contributed by atoms with Crippen LogP contribution in [-0.2, 0) is 0 Å². The summed E-state index contributed by atoms with van der Waals surface area (Å²) in [6, 6.07) is 5.57. The molecule has 0 saturated carbocycles. The average molecular weight is 308 g/mol. The van der Waals surface area contributed by atoms with Crippen LogP contribution in [0.2, 0.25) is 0 Å². The molecule has 0 unspecified atom stereocenters. The van der Waals surface area contributed by atoms with Gasteiger partial charge >= 0.3 is 0 Å². The van der Waals surface area contributed by atoms with Crippen LogP contribution in [-0.4, -0.2) is 20.9 Å². The van der Waals surface area contributed by atoms with Crippen LogP contribution in [0.25, 0.3) is 0 Å². The lowest BCUT2D eigenvalue weighted by molar-refractivity contribution is 0.976. The highest BCUT2D eigenvalue weighted by molar-refractivity contribution is 9.10. The zero-order chi connectivity index (χ0) is 13.0. The Hall–Kier alpha value is -2.02. The molecule has 18 heavy (non-hydrogen) atoms. The Labute approximate surface area is 111 Å². The van der Waals surface area contributed by atoms with E-state index in [1.54, 1.807) is 6.20 Å². The van der Waals surface area contributed by atoms with E-state index in [1.807, 2.05) is 25.1 Å². The van der Waals surface area contributed by atoms with E-state index >= 15 is 0 Å². The number of hydrogen-bond acceptors (Lipinski definition) is 5. The predicted molar refractivity (Wildman–Crippen MR) is 72.6 cm³/mol. The molecule has 2 heterocycles. The highest BCUT2D eigenvalue weighted by Gasteiger charge is 2.03. The lowest BCUT2D eigenvalue weighted by Crippen LogP contribution is -2.11. The Morgan fingerprint density at radius 2 is 2.33 bits per heavy atom. The molecule has 92 valence electrons. The van der Waals surface area contributed by atoms with Gasteiger partial charge in [0.1, 0.15) is 4.47 Å². The smallest absolute Gasteiger partial charge is 0.275 e. The van der Waals surface area contributed by atoms with Crippen LogP contribution in [0.1, 0.15) is 12.6 Å². The number of aromatic nitrogens is 3. The first kappa shape index (κ1) is 12.4. The highest BCUT2D eigenvalue weighted by Crippen LogP contribution is 2.15. The summed E-state index contributed by atoms with van der Waals surface area (Å²) in [7, 11) is 0. The zero-order valence-electron chi connectivity index (χ0n) is 9.51. The Morgan fingerprint density at radius 1 is 1.50 bits per heavy atom. The van der Waals surface area contributed by atoms with Gasteiger partial charge in [-0.2, -0.15) is 10.2 Å². The largest absolute Gasteiger partial charge is 0.280 e. The Kier molecular flexibility index (Phi) is 3.83. The lowest BCUT2D eigenvalue weighted by atomic mass is 10.3. The molecule has 2 rings (SSSR count). The molecule has 0 aliphatic rings. The first-order chi connectivity index (χ1) is 8.68. The van der Waals surface area contributed by atoms with Gasteiger partial charge in [-0.1, -0.05) is 6.07 Å². The fraction of sp³-hybridized carbons (Fsp3) is 0.0909. The third-order valence-corrected chi connectivity index (χ3v) is 2.96. The minimum Gasteiger partial charge on any atom is -0.275 e. The molecule has 0 spiro atoms. The van der Waals surface area contributed by atoms with Crippen LogP contribution in [0.5, 0.6) is 0 Å². The summed E-state index contributed by atoms with van der Waals surface area (Å²) in [5.74, 6) is 0. The maximum atomic E-state index is 11.3. The van der Waals surface area contributed by atoms with E-state index in [4.69, 9.17) is 0 Å². The maximum absolute atomic E-state index is 11.3. The van der Waals surface area contributed by atoms with Gasteiger partial charge < -0.3 is 0 Å². The van der Waals surface area contributed by atoms with E-state index < -0.39 is 0 Å². The lowest BCUT2D eigenvalue weighted by Gasteiger charge is -2.03. The van der Waals surface area contributed by atoms with Crippen molar-refractivity contribution in [2.75, 3.05) is 5.43 Å². The topological polar surface area (TPSA) is 83.0 Å². The van der Waals surface area contributed by atoms with E-state index in [9.17, 15) is 4.79 Å². The second-order valence-corrected chi connectivity index (χ2v) is 4.24. The number of H-pyrrole nitrogens is 1. The minimum atomic E-state index is -0.314. The monoisotopic (exact) mass is 307 g/mol. The number of aromatic amines is 1. The van der Waals surface area contributed by atoms with Gasteiger partial charge in [0.25, 0.3) is 5.56 Å². The van der Waals surface area contributed by atoms with Gasteiger partial charge in [0, 0.05) is 6.20 Å². The molecule has 7 heteroatoms. The van der Waals surface area contributed by atoms with Gasteiger partial charge in [0.15, 0.2) is 0 Å². The van der Waals surface area contributed by atoms with Crippen molar-refractivity contribution in [1.82, 2.24) is 15.2 Å². The minimum absolute atomic E-state index is 0.314. The Balaban J connectivity index is 2.21. The fourth-order valence-electron chi connectivity index (χ4n) is 1.24. The van der Waals surface area contributed by atoms with Crippen molar-refractivity contribution in [2.24, 2.45) is 5.10 Å². The summed E-state index contributed by atoms with van der Waals surface area (Å²) >= 11 is 3.16. The van der Waals surface area contributed by atoms with Crippen molar-refractivity contribution >= 4 is 27.3 Å². The van der Waals surface area contributed by atoms with Crippen molar-refractivity contribution < 1.29 is 0 Å². The maximum Gasteiger partial charge on any atom is 0.280 e. The molecule has 0 fully saturated rings. The number of nitrogens with zero attached hydrogens (tertiary/aromatic N) is 3. The molecule has 0 aromatic carbocycles. The van der Waals surface area contributed by atoms with Crippen molar-refractivity contribution in [3.05, 3.63) is 51.1 Å². The number of halogens is 1. The molecule has 0 saturated heterocycles. The molecule has 2 aromatic rings. The van der Waals surface area contributed by atoms with Crippen LogP contribution in [0, 0.1) is 0 Å². The quantitative estimate of drug-likeness (QED) is 0.668. The summed E-state index contributed by atoms with van der Waals surface area (Å²) in [6.45, 7) is 1.82. The molecule has 0 aliphatic carbocycles. The van der Waals surface area contributed by atoms with Crippen molar-refractivity contribution in [3.63, 3.8) is 0 Å². The van der Waals surface area contributed by atoms with Gasteiger partial charge in [-0.25, -0.2) is 5.10 Å². The van der Waals surface area contributed by atoms with Crippen LogP contribution >= 0.6 is 15.9 Å². The molecule has 2 aromatic heterocycles. The van der Waals surface area contributed by atoms with Crippen molar-refractivity contribution in [3.8, 4) is 0 Å². The molecule has 0 bridgehead atoms. The molecule has 2 N–H and O–H groups in total. The standard InChI is InChI=1S/C11H10BrN5O/c1-7(8-4-2-3-5-13-8)15-16-9-6-14-17-11(18)10(9)12/h2-6H,1H3,(H2,16,17,18)/b15-7+. The first-order valence-electron chi connectivity index (χ1n) is 5.13. The second-order valence-electron chi connectivity index (χ2n) is 3.45. The third kappa shape index (κ3) is 2.80. The number of hydrazone groups is 1. The number of pyridine rings is 1. The summed E-state index contributed by atoms with van der Waals surface area (Å²) in [4.78, 5) is 15.5. The average Bonchev–Trinajstić information content (AvgIpc) is 2.41. The summed E-state index contributed by atoms with van der Waals surface area (Å²) in [5.41, 5.74) is 4.42. The molecular weight excluding hydrogens is 298 g/mol. The van der Waals surface area contributed by atoms with Gasteiger partial charge in [-0.15, -0.1) is 0 Å². The Bertz CT molecular complexity index is 623. The normalized spacial score (nSPS) is 11.3. The number of nitrogens with one attached hydrogen (secondary N) is 2. The van der Waals surface area contributed by atoms with Crippen LogP contribution in [0.4, 0.5) is 5.69 Å². The number of rotatable bonds is 3. The van der Waals surface area contributed by atoms with Crippen LogP contribution in [0.3, 0.4) is 0 Å². The Morgan fingerprint density at radius 3 is 3.06 bits per heavy atom. The third-order valence-electron chi connectivity index (χ3n) is 2.18. The van der Waals surface area contributed by atoms with E-state index in [-0.39, 0.29) is 5.56 Å². The van der Waals surface area contributed by atoms with E-state index in [0.29, 0.717) is 15.9 Å². The molecule has 0 radical (unpaired) electrons. The second kappa shape index (κ2) is 5.54. The van der Waals surface area contributed by atoms with E-state index in [0.717, 1.165) is 5.69 Å². The summed E-state index contributed by atoms with van der Waals surface area (Å²) < 4.78 is 0.357. The van der Waals surface area contributed by atoms with Crippen molar-refractivity contribution in [2.45, 2.75) is 6.92 Å². The van der Waals surface area contributed by atoms with Gasteiger partial charge in [0.05, 0.1) is 23.3 Å². The van der Waals surface area contributed by atoms with Crippen LogP contribution in [0.15, 0.2) is 45.0 Å². The molecule has 0 atom stereocenters. The predicted octanol–water partition coefficient (Wildman–Crippen LogP) is 1.76.